The van der Waals surface area contributed by atoms with Gasteiger partial charge >= 0.3 is 12.0 Å². The quantitative estimate of drug-likeness (QED) is 0.798. The number of nitrogens with one attached hydrogen (secondary N) is 2. The Morgan fingerprint density at radius 3 is 2.57 bits per heavy atom. The van der Waals surface area contributed by atoms with E-state index in [0.29, 0.717) is 24.1 Å². The highest BCUT2D eigenvalue weighted by Gasteiger charge is 2.37. The molecule has 6 heteroatoms. The Balaban J connectivity index is 2.02. The van der Waals surface area contributed by atoms with Crippen molar-refractivity contribution < 1.29 is 19.1 Å². The molecule has 1 aliphatic carbocycles. The summed E-state index contributed by atoms with van der Waals surface area (Å²) in [6.07, 6.45) is 3.06. The Morgan fingerprint density at radius 2 is 2.00 bits per heavy atom. The predicted molar refractivity (Wildman–Crippen MR) is 76.7 cm³/mol. The van der Waals surface area contributed by atoms with Gasteiger partial charge in [0, 0.05) is 5.69 Å². The maximum absolute atomic E-state index is 13.2. The van der Waals surface area contributed by atoms with E-state index in [1.54, 1.807) is 6.92 Å². The summed E-state index contributed by atoms with van der Waals surface area (Å²) < 4.78 is 13.2. The van der Waals surface area contributed by atoms with Gasteiger partial charge in [0.25, 0.3) is 0 Å². The molecule has 0 aliphatic heterocycles. The van der Waals surface area contributed by atoms with E-state index >= 15 is 0 Å². The highest BCUT2D eigenvalue weighted by atomic mass is 19.1. The average Bonchev–Trinajstić information content (AvgIpc) is 2.80. The lowest BCUT2D eigenvalue weighted by molar-refractivity contribution is -0.138. The molecule has 1 fully saturated rings. The number of carboxylic acid groups (broad SMARTS) is 1. The molecule has 0 unspecified atom stereocenters. The Bertz CT molecular complexity index is 554. The van der Waals surface area contributed by atoms with Crippen LogP contribution in [0.25, 0.3) is 0 Å². The molecule has 21 heavy (non-hydrogen) atoms. The zero-order valence-corrected chi connectivity index (χ0v) is 11.9. The minimum Gasteiger partial charge on any atom is -0.481 e. The minimum absolute atomic E-state index is 0.0805. The summed E-state index contributed by atoms with van der Waals surface area (Å²) in [5.74, 6) is -1.26. The summed E-state index contributed by atoms with van der Waals surface area (Å²) in [4.78, 5) is 23.0. The molecule has 5 nitrogen and oxygen atoms in total. The van der Waals surface area contributed by atoms with Gasteiger partial charge in [-0.3, -0.25) is 4.79 Å². The smallest absolute Gasteiger partial charge is 0.319 e. The fourth-order valence-electron chi connectivity index (χ4n) is 2.81. The number of aryl methyl sites for hydroxylation is 1. The Hall–Kier alpha value is -2.11. The van der Waals surface area contributed by atoms with Crippen molar-refractivity contribution in [1.29, 1.82) is 0 Å². The van der Waals surface area contributed by atoms with Crippen LogP contribution in [0, 0.1) is 12.7 Å². The topological polar surface area (TPSA) is 78.4 Å². The molecule has 1 aromatic rings. The van der Waals surface area contributed by atoms with Gasteiger partial charge < -0.3 is 15.7 Å². The third-order valence-corrected chi connectivity index (χ3v) is 3.84. The van der Waals surface area contributed by atoms with Gasteiger partial charge in [0.15, 0.2) is 0 Å². The van der Waals surface area contributed by atoms with Crippen LogP contribution in [0.1, 0.15) is 37.7 Å². The van der Waals surface area contributed by atoms with Gasteiger partial charge in [-0.25, -0.2) is 9.18 Å². The number of carboxylic acids is 1. The minimum atomic E-state index is -0.921. The van der Waals surface area contributed by atoms with Crippen LogP contribution in [0.2, 0.25) is 0 Å². The SMILES string of the molecule is Cc1cc(NC(=O)NC2(CC(=O)O)CCCC2)ccc1F. The van der Waals surface area contributed by atoms with E-state index in [4.69, 9.17) is 5.11 Å². The highest BCUT2D eigenvalue weighted by Crippen LogP contribution is 2.32. The molecule has 3 N–H and O–H groups in total. The van der Waals surface area contributed by atoms with Crippen LogP contribution < -0.4 is 10.6 Å². The summed E-state index contributed by atoms with van der Waals surface area (Å²) in [5, 5.41) is 14.4. The molecule has 0 radical (unpaired) electrons. The fourth-order valence-corrected chi connectivity index (χ4v) is 2.81. The number of carbonyl (C=O) groups is 2. The zero-order valence-electron chi connectivity index (χ0n) is 11.9. The monoisotopic (exact) mass is 294 g/mol. The van der Waals surface area contributed by atoms with Crippen molar-refractivity contribution in [3.05, 3.63) is 29.6 Å². The van der Waals surface area contributed by atoms with Crippen molar-refractivity contribution in [2.45, 2.75) is 44.6 Å². The van der Waals surface area contributed by atoms with Crippen LogP contribution in [0.3, 0.4) is 0 Å². The molecule has 0 saturated heterocycles. The largest absolute Gasteiger partial charge is 0.481 e. The molecule has 0 spiro atoms. The number of anilines is 1. The molecule has 2 rings (SSSR count). The van der Waals surface area contributed by atoms with Crippen LogP contribution in [0.4, 0.5) is 14.9 Å². The third kappa shape index (κ3) is 3.93. The van der Waals surface area contributed by atoms with Gasteiger partial charge in [-0.15, -0.1) is 0 Å². The molecule has 114 valence electrons. The number of benzene rings is 1. The second kappa shape index (κ2) is 6.11. The molecule has 1 aromatic carbocycles. The van der Waals surface area contributed by atoms with Gasteiger partial charge in [0.05, 0.1) is 12.0 Å². The second-order valence-electron chi connectivity index (χ2n) is 5.60. The first-order valence-electron chi connectivity index (χ1n) is 6.97. The number of hydrogen-bond acceptors (Lipinski definition) is 2. The Morgan fingerprint density at radius 1 is 1.33 bits per heavy atom. The zero-order chi connectivity index (χ0) is 15.5. The van der Waals surface area contributed by atoms with E-state index < -0.39 is 17.5 Å². The molecular weight excluding hydrogens is 275 g/mol. The molecule has 0 heterocycles. The predicted octanol–water partition coefficient (Wildman–Crippen LogP) is 3.04. The number of halogens is 1. The lowest BCUT2D eigenvalue weighted by Crippen LogP contribution is -2.49. The number of rotatable bonds is 4. The van der Waals surface area contributed by atoms with Crippen molar-refractivity contribution in [2.24, 2.45) is 0 Å². The Labute approximate surface area is 122 Å². The highest BCUT2D eigenvalue weighted by molar-refractivity contribution is 5.90. The van der Waals surface area contributed by atoms with Gasteiger partial charge in [0.2, 0.25) is 0 Å². The summed E-state index contributed by atoms with van der Waals surface area (Å²) in [7, 11) is 0. The average molecular weight is 294 g/mol. The van der Waals surface area contributed by atoms with E-state index in [0.717, 1.165) is 12.8 Å². The first-order valence-corrected chi connectivity index (χ1v) is 6.97. The van der Waals surface area contributed by atoms with E-state index in [1.165, 1.54) is 18.2 Å². The maximum Gasteiger partial charge on any atom is 0.319 e. The number of urea groups is 1. The molecule has 0 bridgehead atoms. The summed E-state index contributed by atoms with van der Waals surface area (Å²) in [5.41, 5.74) is 0.245. The lowest BCUT2D eigenvalue weighted by Gasteiger charge is -2.28. The van der Waals surface area contributed by atoms with E-state index in [-0.39, 0.29) is 12.2 Å². The van der Waals surface area contributed by atoms with E-state index in [9.17, 15) is 14.0 Å². The first-order chi connectivity index (χ1) is 9.90. The number of hydrogen-bond donors (Lipinski definition) is 3. The van der Waals surface area contributed by atoms with Crippen molar-refractivity contribution in [3.63, 3.8) is 0 Å². The molecule has 2 amide bonds. The molecule has 0 aromatic heterocycles. The number of aliphatic carboxylic acids is 1. The number of carbonyl (C=O) groups excluding carboxylic acids is 1. The Kier molecular flexibility index (Phi) is 4.45. The summed E-state index contributed by atoms with van der Waals surface area (Å²) in [6, 6.07) is 3.84. The first kappa shape index (κ1) is 15.3. The van der Waals surface area contributed by atoms with Crippen molar-refractivity contribution in [2.75, 3.05) is 5.32 Å². The van der Waals surface area contributed by atoms with Crippen molar-refractivity contribution >= 4 is 17.7 Å². The summed E-state index contributed by atoms with van der Waals surface area (Å²) >= 11 is 0. The lowest BCUT2D eigenvalue weighted by atomic mass is 9.93. The normalized spacial score (nSPS) is 16.5. The molecular formula is C15H19FN2O3. The van der Waals surface area contributed by atoms with Crippen molar-refractivity contribution in [3.8, 4) is 0 Å². The van der Waals surface area contributed by atoms with Crippen LogP contribution >= 0.6 is 0 Å². The van der Waals surface area contributed by atoms with Crippen LogP contribution in [0.5, 0.6) is 0 Å². The standard InChI is InChI=1S/C15H19FN2O3/c1-10-8-11(4-5-12(10)16)17-14(21)18-15(9-13(19)20)6-2-3-7-15/h4-5,8H,2-3,6-7,9H2,1H3,(H,19,20)(H2,17,18,21). The fraction of sp³-hybridized carbons (Fsp3) is 0.467. The third-order valence-electron chi connectivity index (χ3n) is 3.84. The van der Waals surface area contributed by atoms with Crippen molar-refractivity contribution in [1.82, 2.24) is 5.32 Å². The molecule has 1 aliphatic rings. The summed E-state index contributed by atoms with van der Waals surface area (Å²) in [6.45, 7) is 1.61. The van der Waals surface area contributed by atoms with Gasteiger partial charge in [0.1, 0.15) is 5.82 Å². The maximum atomic E-state index is 13.2. The molecule has 0 atom stereocenters. The van der Waals surface area contributed by atoms with Gasteiger partial charge in [-0.05, 0) is 43.5 Å². The van der Waals surface area contributed by atoms with Crippen LogP contribution in [0.15, 0.2) is 18.2 Å². The van der Waals surface area contributed by atoms with Crippen LogP contribution in [-0.4, -0.2) is 22.6 Å². The van der Waals surface area contributed by atoms with E-state index in [2.05, 4.69) is 10.6 Å². The van der Waals surface area contributed by atoms with Crippen LogP contribution in [-0.2, 0) is 4.79 Å². The van der Waals surface area contributed by atoms with E-state index in [1.807, 2.05) is 0 Å². The van der Waals surface area contributed by atoms with Gasteiger partial charge in [-0.1, -0.05) is 12.8 Å². The second-order valence-corrected chi connectivity index (χ2v) is 5.60. The molecule has 1 saturated carbocycles. The van der Waals surface area contributed by atoms with Gasteiger partial charge in [-0.2, -0.15) is 0 Å². The number of amides is 2.